The zero-order valence-electron chi connectivity index (χ0n) is 14.3. The van der Waals surface area contributed by atoms with Gasteiger partial charge >= 0.3 is 0 Å². The molecule has 0 amide bonds. The number of rotatable bonds is 1. The first-order chi connectivity index (χ1) is 12.8. The molecule has 5 rings (SSSR count). The summed E-state index contributed by atoms with van der Waals surface area (Å²) in [5.41, 5.74) is 3.03. The smallest absolute Gasteiger partial charge is 0.179 e. The zero-order valence-corrected chi connectivity index (χ0v) is 14.3. The lowest BCUT2D eigenvalue weighted by Gasteiger charge is -2.14. The number of nitriles is 1. The monoisotopic (exact) mass is 347 g/mol. The zero-order chi connectivity index (χ0) is 17.9. The summed E-state index contributed by atoms with van der Waals surface area (Å²) in [4.78, 5) is 17.6. The van der Waals surface area contributed by atoms with Crippen LogP contribution in [0, 0.1) is 18.3 Å². The Morgan fingerprint density at radius 3 is 2.65 bits per heavy atom. The Labute approximate surface area is 149 Å². The highest BCUT2D eigenvalue weighted by atomic mass is 15.3. The standard InChI is InChI=1S/C9H10N4.C8H7N5/c10-5-8-6-12-9(7-11-8)13-3-1-2-4-13;1-5-11-12-7-4-10-8-6(13(5)7)2-3-9-8/h6-7H,1-4H2;2-4,9H,1H3. The molecule has 1 N–H and O–H groups in total. The Morgan fingerprint density at radius 2 is 1.92 bits per heavy atom. The van der Waals surface area contributed by atoms with Crippen molar-refractivity contribution in [2.45, 2.75) is 19.8 Å². The summed E-state index contributed by atoms with van der Waals surface area (Å²) in [5.74, 6) is 1.76. The predicted molar refractivity (Wildman–Crippen MR) is 95.6 cm³/mol. The van der Waals surface area contributed by atoms with Crippen LogP contribution in [0.25, 0.3) is 16.8 Å². The maximum atomic E-state index is 8.53. The van der Waals surface area contributed by atoms with Crippen molar-refractivity contribution in [1.29, 1.82) is 5.26 Å². The average molecular weight is 347 g/mol. The van der Waals surface area contributed by atoms with Crippen LogP contribution < -0.4 is 4.90 Å². The molecule has 0 radical (unpaired) electrons. The van der Waals surface area contributed by atoms with Gasteiger partial charge in [0, 0.05) is 19.3 Å². The summed E-state index contributed by atoms with van der Waals surface area (Å²) >= 11 is 0. The van der Waals surface area contributed by atoms with Gasteiger partial charge in [0.25, 0.3) is 0 Å². The third-order valence-corrected chi connectivity index (χ3v) is 4.29. The van der Waals surface area contributed by atoms with E-state index in [1.807, 2.05) is 29.7 Å². The van der Waals surface area contributed by atoms with Crippen molar-refractivity contribution in [3.8, 4) is 6.07 Å². The lowest BCUT2D eigenvalue weighted by molar-refractivity contribution is 0.924. The molecule has 0 atom stereocenters. The molecule has 1 fully saturated rings. The molecule has 0 unspecified atom stereocenters. The molecule has 0 saturated carbocycles. The van der Waals surface area contributed by atoms with E-state index in [0.29, 0.717) is 5.69 Å². The lowest BCUT2D eigenvalue weighted by atomic mass is 10.4. The van der Waals surface area contributed by atoms with Crippen molar-refractivity contribution in [1.82, 2.24) is 34.5 Å². The van der Waals surface area contributed by atoms with Gasteiger partial charge in [-0.3, -0.25) is 4.40 Å². The number of H-pyrrole nitrogens is 1. The normalized spacial score (nSPS) is 13.6. The van der Waals surface area contributed by atoms with E-state index in [-0.39, 0.29) is 0 Å². The minimum atomic E-state index is 0.378. The van der Waals surface area contributed by atoms with E-state index >= 15 is 0 Å². The number of nitrogens with one attached hydrogen (secondary N) is 1. The van der Waals surface area contributed by atoms with Crippen molar-refractivity contribution in [2.75, 3.05) is 18.0 Å². The second-order valence-corrected chi connectivity index (χ2v) is 5.98. The Kier molecular flexibility index (Phi) is 4.15. The van der Waals surface area contributed by atoms with Gasteiger partial charge in [0.1, 0.15) is 17.7 Å². The van der Waals surface area contributed by atoms with Crippen molar-refractivity contribution < 1.29 is 0 Å². The van der Waals surface area contributed by atoms with Crippen LogP contribution >= 0.6 is 0 Å². The fourth-order valence-corrected chi connectivity index (χ4v) is 3.01. The van der Waals surface area contributed by atoms with Gasteiger partial charge in [-0.05, 0) is 25.8 Å². The average Bonchev–Trinajstić information content (AvgIpc) is 3.43. The molecule has 1 aliphatic heterocycles. The minimum Gasteiger partial charge on any atom is -0.355 e. The van der Waals surface area contributed by atoms with Gasteiger partial charge < -0.3 is 9.88 Å². The van der Waals surface area contributed by atoms with Gasteiger partial charge in [0.2, 0.25) is 0 Å². The summed E-state index contributed by atoms with van der Waals surface area (Å²) in [5, 5.41) is 16.5. The maximum absolute atomic E-state index is 8.53. The molecular formula is C17H17N9. The predicted octanol–water partition coefficient (Wildman–Crippen LogP) is 1.86. The molecule has 0 aliphatic carbocycles. The van der Waals surface area contributed by atoms with Crippen LogP contribution in [0.15, 0.2) is 30.9 Å². The second kappa shape index (κ2) is 6.76. The number of anilines is 1. The molecule has 26 heavy (non-hydrogen) atoms. The van der Waals surface area contributed by atoms with Crippen LogP contribution in [-0.2, 0) is 0 Å². The van der Waals surface area contributed by atoms with Crippen molar-refractivity contribution in [3.63, 3.8) is 0 Å². The van der Waals surface area contributed by atoms with E-state index in [1.54, 1.807) is 12.4 Å². The SMILES string of the molecule is Cc1nnc2cnc3[nH]ccc3n12.N#Cc1cnc(N2CCCC2)cn1. The molecule has 9 nitrogen and oxygen atoms in total. The second-order valence-electron chi connectivity index (χ2n) is 5.98. The molecule has 0 aromatic carbocycles. The number of nitrogens with zero attached hydrogens (tertiary/aromatic N) is 8. The third-order valence-electron chi connectivity index (χ3n) is 4.29. The van der Waals surface area contributed by atoms with Gasteiger partial charge in [-0.25, -0.2) is 15.0 Å². The Hall–Kier alpha value is -3.54. The fourth-order valence-electron chi connectivity index (χ4n) is 3.01. The Balaban J connectivity index is 0.000000129. The van der Waals surface area contributed by atoms with E-state index in [4.69, 9.17) is 5.26 Å². The van der Waals surface area contributed by atoms with Crippen LogP contribution in [0.5, 0.6) is 0 Å². The number of aromatic nitrogens is 7. The summed E-state index contributed by atoms with van der Waals surface area (Å²) in [6.45, 7) is 4.04. The van der Waals surface area contributed by atoms with Crippen molar-refractivity contribution in [2.24, 2.45) is 0 Å². The molecule has 9 heteroatoms. The largest absolute Gasteiger partial charge is 0.355 e. The lowest BCUT2D eigenvalue weighted by Crippen LogP contribution is -2.19. The minimum absolute atomic E-state index is 0.378. The van der Waals surface area contributed by atoms with E-state index in [9.17, 15) is 0 Å². The Morgan fingerprint density at radius 1 is 1.08 bits per heavy atom. The van der Waals surface area contributed by atoms with Gasteiger partial charge in [-0.1, -0.05) is 0 Å². The Bertz CT molecular complexity index is 1070. The maximum Gasteiger partial charge on any atom is 0.179 e. The molecule has 1 aliphatic rings. The molecule has 4 aromatic heterocycles. The molecule has 4 aromatic rings. The molecule has 0 spiro atoms. The highest BCUT2D eigenvalue weighted by molar-refractivity contribution is 5.74. The van der Waals surface area contributed by atoms with E-state index < -0.39 is 0 Å². The van der Waals surface area contributed by atoms with Gasteiger partial charge in [0.05, 0.1) is 24.1 Å². The molecule has 5 heterocycles. The summed E-state index contributed by atoms with van der Waals surface area (Å²) in [6.07, 6.45) is 9.20. The summed E-state index contributed by atoms with van der Waals surface area (Å²) in [6, 6.07) is 3.92. The van der Waals surface area contributed by atoms with Gasteiger partial charge in [-0.2, -0.15) is 5.26 Å². The number of aryl methyl sites for hydroxylation is 1. The number of hydrogen-bond acceptors (Lipinski definition) is 7. The summed E-state index contributed by atoms with van der Waals surface area (Å²) in [7, 11) is 0. The first kappa shape index (κ1) is 16.0. The molecule has 0 bridgehead atoms. The topological polar surface area (TPSA) is 112 Å². The third kappa shape index (κ3) is 2.93. The molecular weight excluding hydrogens is 330 g/mol. The van der Waals surface area contributed by atoms with Crippen LogP contribution in [0.1, 0.15) is 24.4 Å². The first-order valence-electron chi connectivity index (χ1n) is 8.37. The van der Waals surface area contributed by atoms with E-state index in [2.05, 4.69) is 35.0 Å². The van der Waals surface area contributed by atoms with E-state index in [1.165, 1.54) is 19.0 Å². The van der Waals surface area contributed by atoms with Crippen LogP contribution in [-0.4, -0.2) is 47.6 Å². The highest BCUT2D eigenvalue weighted by Crippen LogP contribution is 2.16. The van der Waals surface area contributed by atoms with Crippen molar-refractivity contribution >= 4 is 22.6 Å². The first-order valence-corrected chi connectivity index (χ1v) is 8.37. The van der Waals surface area contributed by atoms with Gasteiger partial charge in [-0.15, -0.1) is 10.2 Å². The quantitative estimate of drug-likeness (QED) is 0.559. The van der Waals surface area contributed by atoms with Crippen molar-refractivity contribution in [3.05, 3.63) is 42.4 Å². The van der Waals surface area contributed by atoms with Gasteiger partial charge in [0.15, 0.2) is 17.0 Å². The number of hydrogen-bond donors (Lipinski definition) is 1. The molecule has 1 saturated heterocycles. The van der Waals surface area contributed by atoms with Crippen LogP contribution in [0.3, 0.4) is 0 Å². The van der Waals surface area contributed by atoms with Crippen LogP contribution in [0.4, 0.5) is 5.82 Å². The number of fused-ring (bicyclic) bond motifs is 3. The van der Waals surface area contributed by atoms with Crippen LogP contribution in [0.2, 0.25) is 0 Å². The van der Waals surface area contributed by atoms with E-state index in [0.717, 1.165) is 41.5 Å². The number of aromatic amines is 1. The highest BCUT2D eigenvalue weighted by Gasteiger charge is 2.13. The summed E-state index contributed by atoms with van der Waals surface area (Å²) < 4.78 is 1.97. The fraction of sp³-hybridized carbons (Fsp3) is 0.294. The molecule has 130 valence electrons.